The number of nitrogens with zero attached hydrogens (tertiary/aromatic N) is 1. The second-order valence-corrected chi connectivity index (χ2v) is 3.20. The highest BCUT2D eigenvalue weighted by Crippen LogP contribution is 2.35. The highest BCUT2D eigenvalue weighted by molar-refractivity contribution is 5.79. The van der Waals surface area contributed by atoms with Crippen LogP contribution in [-0.2, 0) is 16.0 Å². The molecule has 0 aliphatic rings. The van der Waals surface area contributed by atoms with Crippen molar-refractivity contribution in [1.82, 2.24) is 0 Å². The number of rotatable bonds is 4. The van der Waals surface area contributed by atoms with Gasteiger partial charge in [-0.05, 0) is 11.6 Å². The van der Waals surface area contributed by atoms with Gasteiger partial charge < -0.3 is 15.2 Å². The minimum Gasteiger partial charge on any atom is -0.490 e. The van der Waals surface area contributed by atoms with Crippen LogP contribution in [0, 0.1) is 10.1 Å². The average Bonchev–Trinajstić information content (AvgIpc) is 2.30. The van der Waals surface area contributed by atoms with Crippen LogP contribution >= 0.6 is 0 Å². The van der Waals surface area contributed by atoms with Crippen molar-refractivity contribution in [3.63, 3.8) is 0 Å². The van der Waals surface area contributed by atoms with Crippen LogP contribution < -0.4 is 10.5 Å². The molecule has 1 rings (SSSR count). The Hall–Kier alpha value is -2.31. The maximum atomic E-state index is 11.1. The predicted molar refractivity (Wildman–Crippen MR) is 59.8 cm³/mol. The fraction of sp³-hybridized carbons (Fsp3) is 0.300. The molecule has 0 spiro atoms. The van der Waals surface area contributed by atoms with Crippen LogP contribution in [-0.4, -0.2) is 25.1 Å². The molecule has 2 N–H and O–H groups in total. The van der Waals surface area contributed by atoms with Crippen molar-refractivity contribution in [3.05, 3.63) is 27.8 Å². The first-order valence-corrected chi connectivity index (χ1v) is 4.67. The molecule has 92 valence electrons. The normalized spacial score (nSPS) is 9.76. The van der Waals surface area contributed by atoms with E-state index in [1.807, 2.05) is 0 Å². The van der Waals surface area contributed by atoms with Gasteiger partial charge in [0.15, 0.2) is 5.75 Å². The minimum atomic E-state index is -0.644. The number of esters is 1. The van der Waals surface area contributed by atoms with Crippen LogP contribution in [0.1, 0.15) is 5.56 Å². The van der Waals surface area contributed by atoms with E-state index in [9.17, 15) is 14.9 Å². The number of nitro groups is 1. The maximum absolute atomic E-state index is 11.1. The van der Waals surface area contributed by atoms with Gasteiger partial charge in [-0.25, -0.2) is 0 Å². The van der Waals surface area contributed by atoms with Gasteiger partial charge in [-0.3, -0.25) is 14.9 Å². The fourth-order valence-electron chi connectivity index (χ4n) is 1.36. The monoisotopic (exact) mass is 240 g/mol. The summed E-state index contributed by atoms with van der Waals surface area (Å²) in [6.45, 7) is 0. The zero-order chi connectivity index (χ0) is 13.0. The molecule has 0 bridgehead atoms. The van der Waals surface area contributed by atoms with Gasteiger partial charge in [-0.15, -0.1) is 0 Å². The van der Waals surface area contributed by atoms with Crippen molar-refractivity contribution in [2.75, 3.05) is 20.0 Å². The number of carbonyl (C=O) groups is 1. The molecule has 0 aromatic heterocycles. The van der Waals surface area contributed by atoms with Gasteiger partial charge >= 0.3 is 11.7 Å². The highest BCUT2D eigenvalue weighted by atomic mass is 16.6. The van der Waals surface area contributed by atoms with Crippen LogP contribution in [0.5, 0.6) is 5.75 Å². The van der Waals surface area contributed by atoms with E-state index in [1.165, 1.54) is 26.4 Å². The van der Waals surface area contributed by atoms with Gasteiger partial charge in [0.25, 0.3) is 0 Å². The molecule has 7 heteroatoms. The van der Waals surface area contributed by atoms with E-state index < -0.39 is 10.9 Å². The summed E-state index contributed by atoms with van der Waals surface area (Å²) in [4.78, 5) is 21.3. The number of carbonyl (C=O) groups excluding carboxylic acids is 1. The van der Waals surface area contributed by atoms with Gasteiger partial charge in [-0.1, -0.05) is 6.07 Å². The molecule has 0 saturated carbocycles. The number of hydrogen-bond donors (Lipinski definition) is 1. The smallest absolute Gasteiger partial charge is 0.333 e. The van der Waals surface area contributed by atoms with Crippen LogP contribution in [0.3, 0.4) is 0 Å². The molecule has 7 nitrogen and oxygen atoms in total. The Bertz CT molecular complexity index is 458. The third-order valence-corrected chi connectivity index (χ3v) is 2.24. The Labute approximate surface area is 97.3 Å². The molecule has 0 aliphatic carbocycles. The molecule has 0 atom stereocenters. The Morgan fingerprint density at radius 1 is 1.47 bits per heavy atom. The highest BCUT2D eigenvalue weighted by Gasteiger charge is 2.22. The van der Waals surface area contributed by atoms with Gasteiger partial charge in [0.1, 0.15) is 5.69 Å². The fourth-order valence-corrected chi connectivity index (χ4v) is 1.36. The number of methoxy groups -OCH3 is 2. The first kappa shape index (κ1) is 12.8. The molecule has 0 heterocycles. The zero-order valence-electron chi connectivity index (χ0n) is 9.43. The topological polar surface area (TPSA) is 105 Å². The van der Waals surface area contributed by atoms with Crippen LogP contribution in [0.25, 0.3) is 0 Å². The SMILES string of the molecule is COC(=O)Cc1ccc(OC)c([N+](=O)[O-])c1N. The lowest BCUT2D eigenvalue weighted by atomic mass is 10.1. The van der Waals surface area contributed by atoms with E-state index in [0.717, 1.165) is 0 Å². The number of benzene rings is 1. The van der Waals surface area contributed by atoms with Gasteiger partial charge in [0.05, 0.1) is 25.6 Å². The molecule has 17 heavy (non-hydrogen) atoms. The standard InChI is InChI=1S/C10H12N2O5/c1-16-7-4-3-6(5-8(13)17-2)9(11)10(7)12(14)15/h3-4H,5,11H2,1-2H3. The van der Waals surface area contributed by atoms with Crippen LogP contribution in [0.15, 0.2) is 12.1 Å². The largest absolute Gasteiger partial charge is 0.490 e. The molecular formula is C10H12N2O5. The van der Waals surface area contributed by atoms with E-state index >= 15 is 0 Å². The van der Waals surface area contributed by atoms with Crippen molar-refractivity contribution in [1.29, 1.82) is 0 Å². The second-order valence-electron chi connectivity index (χ2n) is 3.20. The van der Waals surface area contributed by atoms with Crippen molar-refractivity contribution in [2.24, 2.45) is 0 Å². The minimum absolute atomic E-state index is 0.0566. The quantitative estimate of drug-likeness (QED) is 0.363. The van der Waals surface area contributed by atoms with E-state index in [1.54, 1.807) is 0 Å². The summed E-state index contributed by atoms with van der Waals surface area (Å²) in [6, 6.07) is 2.89. The Morgan fingerprint density at radius 2 is 2.12 bits per heavy atom. The molecule has 0 radical (unpaired) electrons. The van der Waals surface area contributed by atoms with Crippen molar-refractivity contribution >= 4 is 17.3 Å². The van der Waals surface area contributed by atoms with Gasteiger partial charge in [-0.2, -0.15) is 0 Å². The van der Waals surface area contributed by atoms with E-state index in [2.05, 4.69) is 4.74 Å². The summed E-state index contributed by atoms with van der Waals surface area (Å²) in [5.74, 6) is -0.461. The Kier molecular flexibility index (Phi) is 3.86. The summed E-state index contributed by atoms with van der Waals surface area (Å²) in [6.07, 6.45) is -0.118. The number of ether oxygens (including phenoxy) is 2. The number of hydrogen-bond acceptors (Lipinski definition) is 6. The zero-order valence-corrected chi connectivity index (χ0v) is 9.43. The van der Waals surface area contributed by atoms with Crippen LogP contribution in [0.2, 0.25) is 0 Å². The molecule has 0 aliphatic heterocycles. The summed E-state index contributed by atoms with van der Waals surface area (Å²) < 4.78 is 9.31. The Balaban J connectivity index is 3.23. The van der Waals surface area contributed by atoms with Crippen LogP contribution in [0.4, 0.5) is 11.4 Å². The lowest BCUT2D eigenvalue weighted by Gasteiger charge is -2.08. The third kappa shape index (κ3) is 2.63. The lowest BCUT2D eigenvalue weighted by Crippen LogP contribution is -2.09. The summed E-state index contributed by atoms with van der Waals surface area (Å²) in [5, 5.41) is 10.8. The van der Waals surface area contributed by atoms with Crippen molar-refractivity contribution in [2.45, 2.75) is 6.42 Å². The predicted octanol–water partition coefficient (Wildman–Crippen LogP) is 0.901. The molecule has 1 aromatic rings. The summed E-state index contributed by atoms with van der Waals surface area (Å²) >= 11 is 0. The van der Waals surface area contributed by atoms with E-state index in [-0.39, 0.29) is 23.5 Å². The molecule has 0 amide bonds. The van der Waals surface area contributed by atoms with E-state index in [4.69, 9.17) is 10.5 Å². The molecule has 0 unspecified atom stereocenters. The third-order valence-electron chi connectivity index (χ3n) is 2.24. The van der Waals surface area contributed by atoms with Gasteiger partial charge in [0, 0.05) is 0 Å². The molecule has 1 aromatic carbocycles. The Morgan fingerprint density at radius 3 is 2.59 bits per heavy atom. The number of nitro benzene ring substituents is 1. The number of nitrogen functional groups attached to an aromatic ring is 1. The molecular weight excluding hydrogens is 228 g/mol. The molecule has 0 saturated heterocycles. The maximum Gasteiger partial charge on any atom is 0.333 e. The average molecular weight is 240 g/mol. The first-order valence-electron chi connectivity index (χ1n) is 4.67. The summed E-state index contributed by atoms with van der Waals surface area (Å²) in [5.41, 5.74) is 5.55. The number of nitrogens with two attached hydrogens (primary N) is 1. The number of anilines is 1. The van der Waals surface area contributed by atoms with Crippen molar-refractivity contribution < 1.29 is 19.2 Å². The summed E-state index contributed by atoms with van der Waals surface area (Å²) in [7, 11) is 2.54. The van der Waals surface area contributed by atoms with E-state index in [0.29, 0.717) is 5.56 Å². The van der Waals surface area contributed by atoms with Gasteiger partial charge in [0.2, 0.25) is 0 Å². The molecule has 0 fully saturated rings. The lowest BCUT2D eigenvalue weighted by molar-refractivity contribution is -0.384. The first-order chi connectivity index (χ1) is 8.01. The van der Waals surface area contributed by atoms with Crippen molar-refractivity contribution in [3.8, 4) is 5.75 Å². The second kappa shape index (κ2) is 5.15.